The second-order valence-electron chi connectivity index (χ2n) is 5.50. The van der Waals surface area contributed by atoms with Gasteiger partial charge in [0.05, 0.1) is 40.1 Å². The summed E-state index contributed by atoms with van der Waals surface area (Å²) in [6.45, 7) is 1.86. The predicted molar refractivity (Wildman–Crippen MR) is 88.7 cm³/mol. The van der Waals surface area contributed by atoms with Crippen molar-refractivity contribution >= 4 is 22.6 Å². The minimum atomic E-state index is -4.77. The highest BCUT2D eigenvalue weighted by Gasteiger charge is 2.35. The van der Waals surface area contributed by atoms with Crippen molar-refractivity contribution < 1.29 is 27.6 Å². The summed E-state index contributed by atoms with van der Waals surface area (Å²) in [5.74, 6) is -0.538. The third-order valence-corrected chi connectivity index (χ3v) is 3.81. The molecule has 0 radical (unpaired) electrons. The Balaban J connectivity index is 2.14. The number of non-ortho nitro benzene ring substituents is 1. The summed E-state index contributed by atoms with van der Waals surface area (Å²) in [5, 5.41) is 14.7. The SMILES string of the molecule is CCOC(=O)c1ccc(-n2ncc3c(C(F)(F)F)cc([N+](=O)[O-])cc32)cc1. The normalized spacial score (nSPS) is 11.6. The zero-order valence-corrected chi connectivity index (χ0v) is 13.9. The molecule has 0 saturated carbocycles. The number of nitrogens with zero attached hydrogens (tertiary/aromatic N) is 3. The number of rotatable bonds is 4. The number of nitro benzene ring substituents is 1. The van der Waals surface area contributed by atoms with Crippen molar-refractivity contribution in [3.8, 4) is 5.69 Å². The fourth-order valence-electron chi connectivity index (χ4n) is 2.61. The highest BCUT2D eigenvalue weighted by molar-refractivity contribution is 5.90. The van der Waals surface area contributed by atoms with Gasteiger partial charge in [0, 0.05) is 17.5 Å². The van der Waals surface area contributed by atoms with Crippen LogP contribution in [0, 0.1) is 10.1 Å². The Morgan fingerprint density at radius 1 is 1.26 bits per heavy atom. The summed E-state index contributed by atoms with van der Waals surface area (Å²) in [6, 6.07) is 7.30. The van der Waals surface area contributed by atoms with Gasteiger partial charge in [0.15, 0.2) is 0 Å². The Hall–Kier alpha value is -3.43. The third kappa shape index (κ3) is 3.46. The first-order chi connectivity index (χ1) is 12.7. The number of alkyl halides is 3. The monoisotopic (exact) mass is 379 g/mol. The van der Waals surface area contributed by atoms with Crippen LogP contribution in [-0.2, 0) is 10.9 Å². The molecule has 10 heteroatoms. The molecule has 0 amide bonds. The van der Waals surface area contributed by atoms with Crippen molar-refractivity contribution in [1.82, 2.24) is 9.78 Å². The number of carbonyl (C=O) groups excluding carboxylic acids is 1. The van der Waals surface area contributed by atoms with E-state index in [2.05, 4.69) is 5.10 Å². The van der Waals surface area contributed by atoms with E-state index < -0.39 is 28.3 Å². The average molecular weight is 379 g/mol. The van der Waals surface area contributed by atoms with Gasteiger partial charge in [0.1, 0.15) is 0 Å². The zero-order chi connectivity index (χ0) is 19.8. The Labute approximate surface area is 150 Å². The van der Waals surface area contributed by atoms with Crippen LogP contribution in [0.4, 0.5) is 18.9 Å². The largest absolute Gasteiger partial charge is 0.462 e. The fraction of sp³-hybridized carbons (Fsp3) is 0.176. The summed E-state index contributed by atoms with van der Waals surface area (Å²) in [7, 11) is 0. The Bertz CT molecular complexity index is 1030. The number of hydrogen-bond donors (Lipinski definition) is 0. The summed E-state index contributed by atoms with van der Waals surface area (Å²) >= 11 is 0. The second-order valence-corrected chi connectivity index (χ2v) is 5.50. The molecule has 0 fully saturated rings. The predicted octanol–water partition coefficient (Wildman–Crippen LogP) is 4.13. The highest BCUT2D eigenvalue weighted by atomic mass is 19.4. The molecule has 0 atom stereocenters. The van der Waals surface area contributed by atoms with Gasteiger partial charge in [-0.05, 0) is 31.2 Å². The number of halogens is 3. The lowest BCUT2D eigenvalue weighted by Crippen LogP contribution is -2.07. The molecule has 2 aromatic carbocycles. The standard InChI is InChI=1S/C17H12F3N3O4/c1-2-27-16(24)10-3-5-11(6-4-10)22-15-8-12(23(25)26)7-14(17(18,19)20)13(15)9-21-22/h3-9H,2H2,1H3. The third-order valence-electron chi connectivity index (χ3n) is 3.81. The smallest absolute Gasteiger partial charge is 0.417 e. The van der Waals surface area contributed by atoms with Crippen LogP contribution in [0.3, 0.4) is 0 Å². The number of hydrogen-bond acceptors (Lipinski definition) is 5. The molecule has 3 rings (SSSR count). The quantitative estimate of drug-likeness (QED) is 0.386. The van der Waals surface area contributed by atoms with Gasteiger partial charge in [-0.25, -0.2) is 9.48 Å². The van der Waals surface area contributed by atoms with E-state index in [4.69, 9.17) is 4.74 Å². The van der Waals surface area contributed by atoms with Gasteiger partial charge >= 0.3 is 12.1 Å². The van der Waals surface area contributed by atoms with Crippen molar-refractivity contribution in [2.24, 2.45) is 0 Å². The van der Waals surface area contributed by atoms with Gasteiger partial charge in [-0.3, -0.25) is 10.1 Å². The maximum atomic E-state index is 13.3. The molecule has 0 bridgehead atoms. The number of benzene rings is 2. The van der Waals surface area contributed by atoms with Crippen LogP contribution in [0.5, 0.6) is 0 Å². The minimum Gasteiger partial charge on any atom is -0.462 e. The molecule has 140 valence electrons. The fourth-order valence-corrected chi connectivity index (χ4v) is 2.61. The van der Waals surface area contributed by atoms with Crippen molar-refractivity contribution in [2.45, 2.75) is 13.1 Å². The van der Waals surface area contributed by atoms with E-state index in [1.165, 1.54) is 24.3 Å². The molecule has 0 aliphatic carbocycles. The van der Waals surface area contributed by atoms with Gasteiger partial charge in [-0.2, -0.15) is 18.3 Å². The van der Waals surface area contributed by atoms with Crippen molar-refractivity contribution in [3.05, 3.63) is 63.8 Å². The van der Waals surface area contributed by atoms with Crippen LogP contribution in [-0.4, -0.2) is 27.3 Å². The molecule has 0 aliphatic heterocycles. The van der Waals surface area contributed by atoms with Crippen molar-refractivity contribution in [3.63, 3.8) is 0 Å². The molecule has 1 heterocycles. The molecule has 0 aliphatic rings. The van der Waals surface area contributed by atoms with E-state index in [1.807, 2.05) is 0 Å². The zero-order valence-electron chi connectivity index (χ0n) is 13.9. The maximum Gasteiger partial charge on any atom is 0.417 e. The Morgan fingerprint density at radius 3 is 2.48 bits per heavy atom. The number of carbonyl (C=O) groups is 1. The lowest BCUT2D eigenvalue weighted by atomic mass is 10.1. The van der Waals surface area contributed by atoms with Gasteiger partial charge in [-0.1, -0.05) is 0 Å². The van der Waals surface area contributed by atoms with E-state index in [1.54, 1.807) is 6.92 Å². The molecule has 3 aromatic rings. The van der Waals surface area contributed by atoms with Gasteiger partial charge in [-0.15, -0.1) is 0 Å². The molecular formula is C17H12F3N3O4. The summed E-state index contributed by atoms with van der Waals surface area (Å²) in [6.07, 6.45) is -3.77. The topological polar surface area (TPSA) is 87.3 Å². The van der Waals surface area contributed by atoms with Gasteiger partial charge in [0.25, 0.3) is 5.69 Å². The number of ether oxygens (including phenoxy) is 1. The number of fused-ring (bicyclic) bond motifs is 1. The summed E-state index contributed by atoms with van der Waals surface area (Å²) < 4.78 is 45.8. The Kier molecular flexibility index (Phi) is 4.56. The van der Waals surface area contributed by atoms with Gasteiger partial charge in [0.2, 0.25) is 0 Å². The molecular weight excluding hydrogens is 367 g/mol. The highest BCUT2D eigenvalue weighted by Crippen LogP contribution is 2.38. The molecule has 1 aromatic heterocycles. The lowest BCUT2D eigenvalue weighted by molar-refractivity contribution is -0.385. The number of esters is 1. The van der Waals surface area contributed by atoms with Crippen LogP contribution in [0.15, 0.2) is 42.6 Å². The van der Waals surface area contributed by atoms with Crippen LogP contribution in [0.1, 0.15) is 22.8 Å². The first-order valence-corrected chi connectivity index (χ1v) is 7.73. The van der Waals surface area contributed by atoms with Crippen LogP contribution in [0.2, 0.25) is 0 Å². The average Bonchev–Trinajstić information content (AvgIpc) is 3.04. The number of nitro groups is 1. The second kappa shape index (κ2) is 6.71. The Morgan fingerprint density at radius 2 is 1.93 bits per heavy atom. The van der Waals surface area contributed by atoms with E-state index >= 15 is 0 Å². The van der Waals surface area contributed by atoms with Crippen molar-refractivity contribution in [1.29, 1.82) is 0 Å². The molecule has 0 spiro atoms. The molecule has 0 unspecified atom stereocenters. The van der Waals surface area contributed by atoms with Crippen LogP contribution < -0.4 is 0 Å². The molecule has 0 N–H and O–H groups in total. The summed E-state index contributed by atoms with van der Waals surface area (Å²) in [4.78, 5) is 21.8. The lowest BCUT2D eigenvalue weighted by Gasteiger charge is -2.09. The van der Waals surface area contributed by atoms with E-state index in [9.17, 15) is 28.1 Å². The molecule has 0 saturated heterocycles. The van der Waals surface area contributed by atoms with Crippen molar-refractivity contribution in [2.75, 3.05) is 6.61 Å². The number of aromatic nitrogens is 2. The van der Waals surface area contributed by atoms with E-state index in [-0.39, 0.29) is 23.1 Å². The van der Waals surface area contributed by atoms with Crippen LogP contribution >= 0.6 is 0 Å². The molecule has 7 nitrogen and oxygen atoms in total. The minimum absolute atomic E-state index is 0.0691. The molecule has 27 heavy (non-hydrogen) atoms. The summed E-state index contributed by atoms with van der Waals surface area (Å²) in [5.41, 5.74) is -1.30. The van der Waals surface area contributed by atoms with Crippen LogP contribution in [0.25, 0.3) is 16.6 Å². The van der Waals surface area contributed by atoms with Gasteiger partial charge < -0.3 is 4.74 Å². The first-order valence-electron chi connectivity index (χ1n) is 7.73. The van der Waals surface area contributed by atoms with E-state index in [0.29, 0.717) is 11.8 Å². The first kappa shape index (κ1) is 18.4. The maximum absolute atomic E-state index is 13.3. The van der Waals surface area contributed by atoms with E-state index in [0.717, 1.165) is 16.9 Å².